The van der Waals surface area contributed by atoms with Crippen LogP contribution < -0.4 is 5.32 Å². The van der Waals surface area contributed by atoms with E-state index in [-0.39, 0.29) is 30.8 Å². The summed E-state index contributed by atoms with van der Waals surface area (Å²) in [6.45, 7) is 1.96. The van der Waals surface area contributed by atoms with Crippen LogP contribution in [-0.2, 0) is 22.6 Å². The molecule has 1 N–H and O–H groups in total. The fraction of sp³-hybridized carbons (Fsp3) is 0.391. The lowest BCUT2D eigenvalue weighted by molar-refractivity contribution is -0.140. The minimum absolute atomic E-state index is 0.103. The van der Waals surface area contributed by atoms with E-state index in [1.165, 1.54) is 0 Å². The predicted molar refractivity (Wildman–Crippen MR) is 122 cm³/mol. The lowest BCUT2D eigenvalue weighted by Crippen LogP contribution is -2.50. The third-order valence-corrected chi connectivity index (χ3v) is 6.48. The molecule has 2 aromatic rings. The molecular weight excluding hydrogens is 443 g/mol. The van der Waals surface area contributed by atoms with Gasteiger partial charge < -0.3 is 10.2 Å². The van der Waals surface area contributed by atoms with E-state index in [0.29, 0.717) is 15.1 Å². The SMILES string of the molecule is CC(C(=O)NC1CCCC1)N(Cc1ccc(Cl)cc1Cl)C(=O)Cc1ccccc1Cl. The van der Waals surface area contributed by atoms with E-state index < -0.39 is 6.04 Å². The van der Waals surface area contributed by atoms with Crippen LogP contribution in [0.15, 0.2) is 42.5 Å². The van der Waals surface area contributed by atoms with Gasteiger partial charge in [0.15, 0.2) is 0 Å². The van der Waals surface area contributed by atoms with E-state index in [2.05, 4.69) is 5.32 Å². The van der Waals surface area contributed by atoms with Crippen molar-refractivity contribution in [3.63, 3.8) is 0 Å². The molecule has 4 nitrogen and oxygen atoms in total. The molecule has 0 heterocycles. The van der Waals surface area contributed by atoms with Gasteiger partial charge in [-0.05, 0) is 49.1 Å². The maximum absolute atomic E-state index is 13.2. The highest BCUT2D eigenvalue weighted by Gasteiger charge is 2.29. The Hall–Kier alpha value is -1.75. The number of amides is 2. The van der Waals surface area contributed by atoms with E-state index in [9.17, 15) is 9.59 Å². The Labute approximate surface area is 192 Å². The molecule has 0 aromatic heterocycles. The molecule has 0 radical (unpaired) electrons. The van der Waals surface area contributed by atoms with E-state index in [1.807, 2.05) is 18.2 Å². The van der Waals surface area contributed by atoms with Gasteiger partial charge >= 0.3 is 0 Å². The van der Waals surface area contributed by atoms with Gasteiger partial charge in [-0.3, -0.25) is 9.59 Å². The molecule has 1 fully saturated rings. The first kappa shape index (κ1) is 22.9. The Morgan fingerprint density at radius 3 is 2.40 bits per heavy atom. The van der Waals surface area contributed by atoms with Gasteiger partial charge in [0, 0.05) is 27.7 Å². The Kier molecular flexibility index (Phi) is 8.04. The Balaban J connectivity index is 1.81. The summed E-state index contributed by atoms with van der Waals surface area (Å²) in [6.07, 6.45) is 4.31. The summed E-state index contributed by atoms with van der Waals surface area (Å²) in [6, 6.07) is 11.9. The highest BCUT2D eigenvalue weighted by Crippen LogP contribution is 2.25. The zero-order valence-electron chi connectivity index (χ0n) is 16.8. The quantitative estimate of drug-likeness (QED) is 0.571. The van der Waals surface area contributed by atoms with Gasteiger partial charge in [0.25, 0.3) is 0 Å². The van der Waals surface area contributed by atoms with E-state index in [1.54, 1.807) is 36.1 Å². The van der Waals surface area contributed by atoms with Crippen LogP contribution in [0.4, 0.5) is 0 Å². The maximum atomic E-state index is 13.2. The topological polar surface area (TPSA) is 49.4 Å². The largest absolute Gasteiger partial charge is 0.352 e. The number of nitrogens with one attached hydrogen (secondary N) is 1. The smallest absolute Gasteiger partial charge is 0.242 e. The molecule has 0 spiro atoms. The molecule has 1 aliphatic rings. The number of hydrogen-bond acceptors (Lipinski definition) is 2. The summed E-state index contributed by atoms with van der Waals surface area (Å²) in [5, 5.41) is 4.59. The Morgan fingerprint density at radius 1 is 1.03 bits per heavy atom. The summed E-state index contributed by atoms with van der Waals surface area (Å²) in [5.74, 6) is -0.345. The summed E-state index contributed by atoms with van der Waals surface area (Å²) in [7, 11) is 0. The van der Waals surface area contributed by atoms with Gasteiger partial charge in [0.05, 0.1) is 6.42 Å². The third kappa shape index (κ3) is 5.90. The highest BCUT2D eigenvalue weighted by molar-refractivity contribution is 6.35. The lowest BCUT2D eigenvalue weighted by Gasteiger charge is -2.30. The zero-order chi connectivity index (χ0) is 21.7. The van der Waals surface area contributed by atoms with Crippen molar-refractivity contribution < 1.29 is 9.59 Å². The molecule has 30 heavy (non-hydrogen) atoms. The Morgan fingerprint density at radius 2 is 1.73 bits per heavy atom. The van der Waals surface area contributed by atoms with Crippen LogP contribution in [-0.4, -0.2) is 28.8 Å². The fourth-order valence-electron chi connectivity index (χ4n) is 3.71. The van der Waals surface area contributed by atoms with Crippen molar-refractivity contribution in [1.82, 2.24) is 10.2 Å². The van der Waals surface area contributed by atoms with Crippen LogP contribution in [0.1, 0.15) is 43.7 Å². The van der Waals surface area contributed by atoms with Crippen LogP contribution in [0.3, 0.4) is 0 Å². The van der Waals surface area contributed by atoms with Gasteiger partial charge in [-0.2, -0.15) is 0 Å². The molecule has 1 aliphatic carbocycles. The minimum Gasteiger partial charge on any atom is -0.352 e. The summed E-state index contributed by atoms with van der Waals surface area (Å²) >= 11 is 18.6. The average Bonchev–Trinajstić information content (AvgIpc) is 3.21. The van der Waals surface area contributed by atoms with Crippen LogP contribution in [0, 0.1) is 0 Å². The van der Waals surface area contributed by atoms with Crippen molar-refractivity contribution in [3.05, 3.63) is 68.7 Å². The van der Waals surface area contributed by atoms with Crippen LogP contribution in [0.5, 0.6) is 0 Å². The molecule has 0 saturated heterocycles. The molecule has 1 atom stereocenters. The van der Waals surface area contributed by atoms with Gasteiger partial charge in [-0.1, -0.05) is 71.9 Å². The number of nitrogens with zero attached hydrogens (tertiary/aromatic N) is 1. The van der Waals surface area contributed by atoms with Crippen LogP contribution in [0.2, 0.25) is 15.1 Å². The first-order valence-corrected chi connectivity index (χ1v) is 11.3. The first-order chi connectivity index (χ1) is 14.3. The minimum atomic E-state index is -0.646. The van der Waals surface area contributed by atoms with Crippen molar-refractivity contribution in [3.8, 4) is 0 Å². The van der Waals surface area contributed by atoms with Gasteiger partial charge in [-0.15, -0.1) is 0 Å². The highest BCUT2D eigenvalue weighted by atomic mass is 35.5. The van der Waals surface area contributed by atoms with Crippen molar-refractivity contribution >= 4 is 46.6 Å². The number of rotatable bonds is 7. The molecule has 1 unspecified atom stereocenters. The number of carbonyl (C=O) groups excluding carboxylic acids is 2. The number of halogens is 3. The fourth-order valence-corrected chi connectivity index (χ4v) is 4.39. The number of carbonyl (C=O) groups is 2. The van der Waals surface area contributed by atoms with Crippen LogP contribution in [0.25, 0.3) is 0 Å². The molecule has 1 saturated carbocycles. The molecule has 0 bridgehead atoms. The summed E-state index contributed by atoms with van der Waals surface area (Å²) in [5.41, 5.74) is 1.45. The van der Waals surface area contributed by atoms with Crippen LogP contribution >= 0.6 is 34.8 Å². The zero-order valence-corrected chi connectivity index (χ0v) is 19.1. The maximum Gasteiger partial charge on any atom is 0.242 e. The second-order valence-electron chi connectivity index (χ2n) is 7.69. The molecule has 7 heteroatoms. The number of hydrogen-bond donors (Lipinski definition) is 1. The van der Waals surface area contributed by atoms with Gasteiger partial charge in [0.1, 0.15) is 6.04 Å². The third-order valence-electron chi connectivity index (χ3n) is 5.52. The predicted octanol–water partition coefficient (Wildman–Crippen LogP) is 5.67. The average molecular weight is 468 g/mol. The molecule has 2 amide bonds. The summed E-state index contributed by atoms with van der Waals surface area (Å²) < 4.78 is 0. The Bertz CT molecular complexity index is 913. The monoisotopic (exact) mass is 466 g/mol. The molecule has 0 aliphatic heterocycles. The molecule has 3 rings (SSSR count). The van der Waals surface area contributed by atoms with E-state index >= 15 is 0 Å². The lowest BCUT2D eigenvalue weighted by atomic mass is 10.1. The standard InChI is InChI=1S/C23H25Cl3N2O2/c1-15(23(30)27-19-7-3-4-8-19)28(14-17-10-11-18(24)13-21(17)26)22(29)12-16-6-2-5-9-20(16)25/h2,5-6,9-11,13,15,19H,3-4,7-8,12,14H2,1H3,(H,27,30). The molecular formula is C23H25Cl3N2O2. The van der Waals surface area contributed by atoms with E-state index in [0.717, 1.165) is 36.8 Å². The first-order valence-electron chi connectivity index (χ1n) is 10.1. The molecule has 160 valence electrons. The van der Waals surface area contributed by atoms with E-state index in [4.69, 9.17) is 34.8 Å². The summed E-state index contributed by atoms with van der Waals surface area (Å²) in [4.78, 5) is 27.7. The van der Waals surface area contributed by atoms with Gasteiger partial charge in [-0.25, -0.2) is 0 Å². The molecule has 2 aromatic carbocycles. The number of benzene rings is 2. The van der Waals surface area contributed by atoms with Gasteiger partial charge in [0.2, 0.25) is 11.8 Å². The van der Waals surface area contributed by atoms with Crippen molar-refractivity contribution in [1.29, 1.82) is 0 Å². The normalized spacial score (nSPS) is 15.1. The van der Waals surface area contributed by atoms with Crippen molar-refractivity contribution in [2.24, 2.45) is 0 Å². The van der Waals surface area contributed by atoms with Crippen molar-refractivity contribution in [2.45, 2.75) is 57.7 Å². The van der Waals surface area contributed by atoms with Crippen molar-refractivity contribution in [2.75, 3.05) is 0 Å². The second-order valence-corrected chi connectivity index (χ2v) is 8.94. The second kappa shape index (κ2) is 10.5.